The predicted molar refractivity (Wildman–Crippen MR) is 54.9 cm³/mol. The topological polar surface area (TPSA) is 40.7 Å². The SMILES string of the molecule is CNCCCc1cc(C(C)C)n[nH]1. The number of aromatic nitrogens is 2. The minimum Gasteiger partial charge on any atom is -0.320 e. The molecule has 0 atom stereocenters. The van der Waals surface area contributed by atoms with Gasteiger partial charge in [-0.1, -0.05) is 13.8 Å². The van der Waals surface area contributed by atoms with E-state index in [0.717, 1.165) is 19.4 Å². The van der Waals surface area contributed by atoms with Gasteiger partial charge in [-0.3, -0.25) is 5.10 Å². The molecule has 0 bridgehead atoms. The second-order valence-electron chi connectivity index (χ2n) is 3.68. The summed E-state index contributed by atoms with van der Waals surface area (Å²) in [5.74, 6) is 0.523. The fraction of sp³-hybridized carbons (Fsp3) is 0.700. The molecule has 0 fully saturated rings. The molecule has 74 valence electrons. The highest BCUT2D eigenvalue weighted by molar-refractivity contribution is 5.11. The Hall–Kier alpha value is -0.830. The van der Waals surface area contributed by atoms with Gasteiger partial charge in [-0.25, -0.2) is 0 Å². The molecule has 0 aliphatic heterocycles. The summed E-state index contributed by atoms with van der Waals surface area (Å²) in [7, 11) is 1.98. The lowest BCUT2D eigenvalue weighted by atomic mass is 10.1. The molecule has 0 aliphatic carbocycles. The van der Waals surface area contributed by atoms with Gasteiger partial charge < -0.3 is 5.32 Å². The summed E-state index contributed by atoms with van der Waals surface area (Å²) in [6.07, 6.45) is 2.25. The van der Waals surface area contributed by atoms with Crippen molar-refractivity contribution in [3.63, 3.8) is 0 Å². The summed E-state index contributed by atoms with van der Waals surface area (Å²) in [5, 5.41) is 10.5. The van der Waals surface area contributed by atoms with Crippen LogP contribution in [0.3, 0.4) is 0 Å². The molecule has 0 amide bonds. The molecule has 1 aromatic rings. The number of hydrogen-bond donors (Lipinski definition) is 2. The molecule has 0 saturated heterocycles. The summed E-state index contributed by atoms with van der Waals surface area (Å²) >= 11 is 0. The van der Waals surface area contributed by atoms with E-state index in [-0.39, 0.29) is 0 Å². The molecule has 3 heteroatoms. The van der Waals surface area contributed by atoms with Gasteiger partial charge in [-0.2, -0.15) is 5.10 Å². The van der Waals surface area contributed by atoms with E-state index in [4.69, 9.17) is 0 Å². The Morgan fingerprint density at radius 3 is 2.85 bits per heavy atom. The Balaban J connectivity index is 2.40. The number of H-pyrrole nitrogens is 1. The highest BCUT2D eigenvalue weighted by Gasteiger charge is 2.03. The average Bonchev–Trinajstić information content (AvgIpc) is 2.53. The van der Waals surface area contributed by atoms with Crippen LogP contribution in [0, 0.1) is 0 Å². The lowest BCUT2D eigenvalue weighted by Gasteiger charge is -1.96. The van der Waals surface area contributed by atoms with Crippen LogP contribution in [0.5, 0.6) is 0 Å². The van der Waals surface area contributed by atoms with Crippen molar-refractivity contribution in [2.75, 3.05) is 13.6 Å². The molecule has 0 aromatic carbocycles. The molecule has 1 aromatic heterocycles. The molecule has 13 heavy (non-hydrogen) atoms. The molecule has 1 rings (SSSR count). The van der Waals surface area contributed by atoms with Crippen LogP contribution in [-0.4, -0.2) is 23.8 Å². The fourth-order valence-corrected chi connectivity index (χ4v) is 1.26. The second kappa shape index (κ2) is 5.02. The van der Waals surface area contributed by atoms with Crippen LogP contribution >= 0.6 is 0 Å². The summed E-state index contributed by atoms with van der Waals surface area (Å²) < 4.78 is 0. The maximum absolute atomic E-state index is 4.25. The van der Waals surface area contributed by atoms with Crippen molar-refractivity contribution >= 4 is 0 Å². The van der Waals surface area contributed by atoms with Crippen LogP contribution in [0.2, 0.25) is 0 Å². The van der Waals surface area contributed by atoms with Gasteiger partial charge in [0.15, 0.2) is 0 Å². The Kier molecular flexibility index (Phi) is 3.96. The van der Waals surface area contributed by atoms with Gasteiger partial charge in [0.25, 0.3) is 0 Å². The van der Waals surface area contributed by atoms with E-state index >= 15 is 0 Å². The van der Waals surface area contributed by atoms with Crippen molar-refractivity contribution < 1.29 is 0 Å². The molecule has 0 aliphatic rings. The highest BCUT2D eigenvalue weighted by atomic mass is 15.1. The average molecular weight is 181 g/mol. The first-order valence-electron chi connectivity index (χ1n) is 4.93. The number of aryl methyl sites for hydroxylation is 1. The Bertz CT molecular complexity index is 240. The smallest absolute Gasteiger partial charge is 0.0650 e. The van der Waals surface area contributed by atoms with E-state index in [1.165, 1.54) is 11.4 Å². The Morgan fingerprint density at radius 2 is 2.31 bits per heavy atom. The summed E-state index contributed by atoms with van der Waals surface area (Å²) in [6.45, 7) is 5.39. The van der Waals surface area contributed by atoms with Crippen LogP contribution in [0.15, 0.2) is 6.07 Å². The molecular formula is C10H19N3. The maximum Gasteiger partial charge on any atom is 0.0650 e. The van der Waals surface area contributed by atoms with Crippen LogP contribution in [-0.2, 0) is 6.42 Å². The number of nitrogens with one attached hydrogen (secondary N) is 2. The van der Waals surface area contributed by atoms with Crippen molar-refractivity contribution in [3.8, 4) is 0 Å². The quantitative estimate of drug-likeness (QED) is 0.679. The minimum absolute atomic E-state index is 0.523. The maximum atomic E-state index is 4.25. The monoisotopic (exact) mass is 181 g/mol. The van der Waals surface area contributed by atoms with E-state index in [2.05, 4.69) is 35.4 Å². The molecule has 2 N–H and O–H groups in total. The van der Waals surface area contributed by atoms with E-state index in [0.29, 0.717) is 5.92 Å². The summed E-state index contributed by atoms with van der Waals surface area (Å²) in [6, 6.07) is 2.17. The van der Waals surface area contributed by atoms with Crippen LogP contribution in [0.25, 0.3) is 0 Å². The second-order valence-corrected chi connectivity index (χ2v) is 3.68. The third kappa shape index (κ3) is 3.19. The Morgan fingerprint density at radius 1 is 1.54 bits per heavy atom. The molecule has 0 radical (unpaired) electrons. The normalized spacial score (nSPS) is 11.1. The van der Waals surface area contributed by atoms with Crippen molar-refractivity contribution in [3.05, 3.63) is 17.5 Å². The molecule has 0 unspecified atom stereocenters. The molecule has 0 spiro atoms. The van der Waals surface area contributed by atoms with E-state index < -0.39 is 0 Å². The largest absolute Gasteiger partial charge is 0.320 e. The lowest BCUT2D eigenvalue weighted by molar-refractivity contribution is 0.713. The van der Waals surface area contributed by atoms with Gasteiger partial charge in [0.05, 0.1) is 5.69 Å². The molecule has 0 saturated carbocycles. The third-order valence-electron chi connectivity index (χ3n) is 2.12. The number of aromatic amines is 1. The van der Waals surface area contributed by atoms with Crippen LogP contribution < -0.4 is 5.32 Å². The first-order valence-corrected chi connectivity index (χ1v) is 4.93. The van der Waals surface area contributed by atoms with Gasteiger partial charge in [0.1, 0.15) is 0 Å². The third-order valence-corrected chi connectivity index (χ3v) is 2.12. The standard InChI is InChI=1S/C10H19N3/c1-8(2)10-7-9(12-13-10)5-4-6-11-3/h7-8,11H,4-6H2,1-3H3,(H,12,13). The van der Waals surface area contributed by atoms with E-state index in [9.17, 15) is 0 Å². The van der Waals surface area contributed by atoms with E-state index in [1.54, 1.807) is 0 Å². The van der Waals surface area contributed by atoms with E-state index in [1.807, 2.05) is 7.05 Å². The molecule has 1 heterocycles. The first-order chi connectivity index (χ1) is 6.24. The van der Waals surface area contributed by atoms with Gasteiger partial charge in [0.2, 0.25) is 0 Å². The van der Waals surface area contributed by atoms with Crippen LogP contribution in [0.4, 0.5) is 0 Å². The zero-order valence-electron chi connectivity index (χ0n) is 8.72. The van der Waals surface area contributed by atoms with Gasteiger partial charge >= 0.3 is 0 Å². The number of hydrogen-bond acceptors (Lipinski definition) is 2. The zero-order chi connectivity index (χ0) is 9.68. The van der Waals surface area contributed by atoms with Gasteiger partial charge in [0, 0.05) is 5.69 Å². The minimum atomic E-state index is 0.523. The summed E-state index contributed by atoms with van der Waals surface area (Å²) in [4.78, 5) is 0. The van der Waals surface area contributed by atoms with Crippen molar-refractivity contribution in [2.24, 2.45) is 0 Å². The molecule has 3 nitrogen and oxygen atoms in total. The first kappa shape index (κ1) is 10.3. The number of nitrogens with zero attached hydrogens (tertiary/aromatic N) is 1. The zero-order valence-corrected chi connectivity index (χ0v) is 8.72. The Labute approximate surface area is 79.9 Å². The molecular weight excluding hydrogens is 162 g/mol. The lowest BCUT2D eigenvalue weighted by Crippen LogP contribution is -2.08. The van der Waals surface area contributed by atoms with Gasteiger partial charge in [-0.15, -0.1) is 0 Å². The van der Waals surface area contributed by atoms with Gasteiger partial charge in [-0.05, 0) is 38.4 Å². The van der Waals surface area contributed by atoms with Crippen molar-refractivity contribution in [1.82, 2.24) is 15.5 Å². The van der Waals surface area contributed by atoms with Crippen molar-refractivity contribution in [2.45, 2.75) is 32.6 Å². The van der Waals surface area contributed by atoms with Crippen LogP contribution in [0.1, 0.15) is 37.6 Å². The highest BCUT2D eigenvalue weighted by Crippen LogP contribution is 2.12. The fourth-order valence-electron chi connectivity index (χ4n) is 1.26. The predicted octanol–water partition coefficient (Wildman–Crippen LogP) is 1.69. The summed E-state index contributed by atoms with van der Waals surface area (Å²) in [5.41, 5.74) is 2.42. The number of rotatable bonds is 5. The van der Waals surface area contributed by atoms with Crippen molar-refractivity contribution in [1.29, 1.82) is 0 Å².